The Morgan fingerprint density at radius 1 is 0.473 bits per heavy atom. The lowest BCUT2D eigenvalue weighted by molar-refractivity contribution is -0.458. The van der Waals surface area contributed by atoms with E-state index >= 15 is 0 Å². The van der Waals surface area contributed by atoms with Crippen LogP contribution < -0.4 is 8.92 Å². The van der Waals surface area contributed by atoms with Gasteiger partial charge in [-0.1, -0.05) is 30.3 Å². The van der Waals surface area contributed by atoms with Crippen LogP contribution in [-0.2, 0) is 10.1 Å². The number of hydrogen-bond donors (Lipinski definition) is 0. The Balaban J connectivity index is 1.69. The molecule has 0 bridgehead atoms. The zero-order chi connectivity index (χ0) is 41.8. The average molecular weight is 837 g/mol. The average Bonchev–Trinajstić information content (AvgIpc) is 3.11. The Morgan fingerprint density at radius 2 is 0.855 bits per heavy atom. The number of halogens is 17. The molecule has 6 nitrogen and oxygen atoms in total. The van der Waals surface area contributed by atoms with Crippen LogP contribution in [0.15, 0.2) is 84.9 Å². The van der Waals surface area contributed by atoms with Crippen LogP contribution in [0.4, 0.5) is 74.6 Å². The zero-order valence-electron chi connectivity index (χ0n) is 26.4. The second-order valence-corrected chi connectivity index (χ2v) is 12.7. The third-order valence-electron chi connectivity index (χ3n) is 7.51. The van der Waals surface area contributed by atoms with Crippen LogP contribution in [0, 0.1) is 0 Å². The molecule has 0 radical (unpaired) electrons. The number of methoxy groups -OCH3 is 1. The van der Waals surface area contributed by atoms with Crippen LogP contribution in [0.2, 0.25) is 0 Å². The molecule has 0 unspecified atom stereocenters. The third kappa shape index (κ3) is 6.85. The lowest BCUT2D eigenvalue weighted by Gasteiger charge is -2.42. The van der Waals surface area contributed by atoms with Gasteiger partial charge >= 0.3 is 57.1 Å². The van der Waals surface area contributed by atoms with Gasteiger partial charge in [-0.05, 0) is 54.6 Å². The fourth-order valence-electron chi connectivity index (χ4n) is 4.39. The topological polar surface area (TPSA) is 78.4 Å². The monoisotopic (exact) mass is 836 g/mol. The van der Waals surface area contributed by atoms with E-state index < -0.39 is 62.8 Å². The summed E-state index contributed by atoms with van der Waals surface area (Å²) in [6.45, 7) is 0. The molecule has 24 heteroatoms. The van der Waals surface area contributed by atoms with E-state index in [0.717, 1.165) is 12.1 Å². The van der Waals surface area contributed by atoms with Gasteiger partial charge in [-0.25, -0.2) is 9.97 Å². The molecule has 300 valence electrons. The third-order valence-corrected chi connectivity index (χ3v) is 8.80. The fraction of sp³-hybridized carbons (Fsp3) is 0.290. The van der Waals surface area contributed by atoms with Gasteiger partial charge in [0.15, 0.2) is 5.82 Å². The Labute approximate surface area is 296 Å². The SMILES string of the molecule is COc1ccc(-c2cc(-c3ccc(OS(=O)(=O)C(F)(F)C(F)(F)C(F)(F)C(F)(F)C(F)(F)C(F)(F)C(F)(F)C(F)(F)F)cc3)nc(-c3ccccc3)n2)cc1. The molecule has 0 saturated heterocycles. The molecule has 0 aliphatic rings. The first kappa shape index (κ1) is 42.8. The molecule has 0 spiro atoms. The van der Waals surface area contributed by atoms with Crippen molar-refractivity contribution >= 4 is 10.1 Å². The highest BCUT2D eigenvalue weighted by Gasteiger charge is 2.96. The van der Waals surface area contributed by atoms with Gasteiger partial charge in [0.2, 0.25) is 0 Å². The van der Waals surface area contributed by atoms with Gasteiger partial charge in [0.25, 0.3) is 0 Å². The molecule has 0 fully saturated rings. The standard InChI is InChI=1S/C31H17F17N2O4S/c1-53-19-11-7-16(8-12-19)21-15-22(50-23(49-21)18-5-3-2-4-6-18)17-9-13-20(14-10-17)54-55(51,52)31(47,48)29(42,43)27(38,39)25(34,35)24(32,33)26(36,37)28(40,41)30(44,45)46/h2-15H,1H3. The maximum Gasteiger partial charge on any atom is 0.460 e. The summed E-state index contributed by atoms with van der Waals surface area (Å²) >= 11 is 0. The molecule has 0 aliphatic carbocycles. The molecule has 0 aliphatic heterocycles. The number of aromatic nitrogens is 2. The van der Waals surface area contributed by atoms with E-state index in [9.17, 15) is 83.1 Å². The summed E-state index contributed by atoms with van der Waals surface area (Å²) in [6.07, 6.45) is -7.93. The number of ether oxygens (including phenoxy) is 1. The summed E-state index contributed by atoms with van der Waals surface area (Å²) in [5.41, 5.74) is 1.14. The van der Waals surface area contributed by atoms with Gasteiger partial charge in [-0.15, -0.1) is 0 Å². The van der Waals surface area contributed by atoms with Crippen LogP contribution in [-0.4, -0.2) is 72.5 Å². The molecular weight excluding hydrogens is 819 g/mol. The molecule has 0 atom stereocenters. The molecule has 1 heterocycles. The van der Waals surface area contributed by atoms with Crippen molar-refractivity contribution in [3.63, 3.8) is 0 Å². The number of alkyl halides is 17. The highest BCUT2D eigenvalue weighted by molar-refractivity contribution is 7.88. The van der Waals surface area contributed by atoms with Gasteiger partial charge in [0.1, 0.15) is 11.5 Å². The van der Waals surface area contributed by atoms with Crippen LogP contribution >= 0.6 is 0 Å². The summed E-state index contributed by atoms with van der Waals surface area (Å²) in [6, 6.07) is 18.1. The van der Waals surface area contributed by atoms with E-state index in [2.05, 4.69) is 14.2 Å². The second-order valence-electron chi connectivity index (χ2n) is 11.1. The molecule has 0 amide bonds. The van der Waals surface area contributed by atoms with Gasteiger partial charge < -0.3 is 8.92 Å². The van der Waals surface area contributed by atoms with Crippen molar-refractivity contribution in [3.05, 3.63) is 84.9 Å². The number of benzene rings is 3. The van der Waals surface area contributed by atoms with Gasteiger partial charge in [0.05, 0.1) is 18.5 Å². The summed E-state index contributed by atoms with van der Waals surface area (Å²) in [5, 5.41) is -7.83. The van der Waals surface area contributed by atoms with E-state index in [1.54, 1.807) is 54.6 Å². The summed E-state index contributed by atoms with van der Waals surface area (Å²) in [7, 11) is -6.41. The summed E-state index contributed by atoms with van der Waals surface area (Å²) in [5.74, 6) is -53.2. The lowest BCUT2D eigenvalue weighted by Crippen LogP contribution is -2.75. The van der Waals surface area contributed by atoms with E-state index in [0.29, 0.717) is 29.0 Å². The van der Waals surface area contributed by atoms with E-state index in [-0.39, 0.29) is 22.8 Å². The number of hydrogen-bond acceptors (Lipinski definition) is 6. The fourth-order valence-corrected chi connectivity index (χ4v) is 5.30. The molecule has 3 aromatic carbocycles. The van der Waals surface area contributed by atoms with Gasteiger partial charge in [-0.2, -0.15) is 83.1 Å². The van der Waals surface area contributed by atoms with Crippen LogP contribution in [0.3, 0.4) is 0 Å². The minimum atomic E-state index is -8.96. The highest BCUT2D eigenvalue weighted by atomic mass is 32.2. The Hall–Kier alpha value is -4.90. The Bertz CT molecular complexity index is 2110. The smallest absolute Gasteiger partial charge is 0.460 e. The molecule has 4 aromatic rings. The normalized spacial score (nSPS) is 14.1. The van der Waals surface area contributed by atoms with E-state index in [4.69, 9.17) is 4.74 Å². The minimum absolute atomic E-state index is 0.00152. The quantitative estimate of drug-likeness (QED) is 0.0986. The predicted molar refractivity (Wildman–Crippen MR) is 155 cm³/mol. The van der Waals surface area contributed by atoms with E-state index in [1.165, 1.54) is 13.2 Å². The molecule has 1 aromatic heterocycles. The van der Waals surface area contributed by atoms with Crippen molar-refractivity contribution in [2.75, 3.05) is 7.11 Å². The van der Waals surface area contributed by atoms with Crippen LogP contribution in [0.25, 0.3) is 33.9 Å². The van der Waals surface area contributed by atoms with Crippen molar-refractivity contribution in [2.45, 2.75) is 47.0 Å². The van der Waals surface area contributed by atoms with Crippen molar-refractivity contribution in [2.24, 2.45) is 0 Å². The first-order chi connectivity index (χ1) is 24.9. The first-order valence-electron chi connectivity index (χ1n) is 14.3. The Kier molecular flexibility index (Phi) is 10.7. The van der Waals surface area contributed by atoms with Crippen LogP contribution in [0.5, 0.6) is 11.5 Å². The molecule has 0 N–H and O–H groups in total. The number of nitrogens with zero attached hydrogens (tertiary/aromatic N) is 2. The van der Waals surface area contributed by atoms with Gasteiger partial charge in [0, 0.05) is 16.7 Å². The Morgan fingerprint density at radius 3 is 1.25 bits per heavy atom. The largest absolute Gasteiger partial charge is 0.497 e. The van der Waals surface area contributed by atoms with E-state index in [1.807, 2.05) is 0 Å². The van der Waals surface area contributed by atoms with Crippen molar-refractivity contribution < 1.29 is 92.0 Å². The minimum Gasteiger partial charge on any atom is -0.497 e. The maximum absolute atomic E-state index is 14.5. The van der Waals surface area contributed by atoms with Crippen LogP contribution in [0.1, 0.15) is 0 Å². The lowest BCUT2D eigenvalue weighted by atomic mass is 9.91. The van der Waals surface area contributed by atoms with Crippen molar-refractivity contribution in [3.8, 4) is 45.4 Å². The molecule has 55 heavy (non-hydrogen) atoms. The number of rotatable bonds is 13. The van der Waals surface area contributed by atoms with Crippen molar-refractivity contribution in [1.29, 1.82) is 0 Å². The zero-order valence-corrected chi connectivity index (χ0v) is 27.3. The summed E-state index contributed by atoms with van der Waals surface area (Å²) < 4.78 is 265. The maximum atomic E-state index is 14.5. The molecule has 0 saturated carbocycles. The predicted octanol–water partition coefficient (Wildman–Crippen LogP) is 10.2. The first-order valence-corrected chi connectivity index (χ1v) is 15.7. The summed E-state index contributed by atoms with van der Waals surface area (Å²) in [4.78, 5) is 8.79. The highest BCUT2D eigenvalue weighted by Crippen LogP contribution is 2.64. The van der Waals surface area contributed by atoms with Crippen molar-refractivity contribution in [1.82, 2.24) is 9.97 Å². The second kappa shape index (κ2) is 13.7. The van der Waals surface area contributed by atoms with Gasteiger partial charge in [-0.3, -0.25) is 0 Å². The molecule has 4 rings (SSSR count). The molecular formula is C31H17F17N2O4S.